The first-order chi connectivity index (χ1) is 7.50. The van der Waals surface area contributed by atoms with Crippen LogP contribution in [0.15, 0.2) is 6.07 Å². The Morgan fingerprint density at radius 2 is 1.75 bits per heavy atom. The highest BCUT2D eigenvalue weighted by atomic mass is 19.2. The van der Waals surface area contributed by atoms with Gasteiger partial charge in [0.2, 0.25) is 0 Å². The number of carbonyl (C=O) groups is 1. The second kappa shape index (κ2) is 3.66. The Morgan fingerprint density at radius 1 is 1.12 bits per heavy atom. The molecule has 0 radical (unpaired) electrons. The van der Waals surface area contributed by atoms with E-state index >= 15 is 0 Å². The molecule has 0 saturated carbocycles. The Bertz CT molecular complexity index is 459. The summed E-state index contributed by atoms with van der Waals surface area (Å²) in [6, 6.07) is -0.570. The number of halogens is 4. The zero-order valence-corrected chi connectivity index (χ0v) is 7.86. The predicted molar refractivity (Wildman–Crippen MR) is 46.9 cm³/mol. The van der Waals surface area contributed by atoms with E-state index in [2.05, 4.69) is 0 Å². The van der Waals surface area contributed by atoms with Gasteiger partial charge in [0.15, 0.2) is 23.3 Å². The number of nitrogens with zero attached hydrogens (tertiary/aromatic N) is 1. The molecule has 16 heavy (non-hydrogen) atoms. The summed E-state index contributed by atoms with van der Waals surface area (Å²) >= 11 is 0. The summed E-state index contributed by atoms with van der Waals surface area (Å²) < 4.78 is 51.4. The van der Waals surface area contributed by atoms with Gasteiger partial charge in [-0.3, -0.25) is 0 Å². The van der Waals surface area contributed by atoms with Gasteiger partial charge in [-0.1, -0.05) is 0 Å². The van der Waals surface area contributed by atoms with E-state index in [-0.39, 0.29) is 6.07 Å². The van der Waals surface area contributed by atoms with Gasteiger partial charge in [0.1, 0.15) is 5.69 Å². The molecule has 2 amide bonds. The molecule has 1 aliphatic heterocycles. The first kappa shape index (κ1) is 10.7. The number of urea groups is 1. The van der Waals surface area contributed by atoms with Gasteiger partial charge in [0.05, 0.1) is 0 Å². The van der Waals surface area contributed by atoms with Crippen LogP contribution in [0.25, 0.3) is 0 Å². The molecule has 1 aliphatic rings. The smallest absolute Gasteiger partial charge is 0.321 e. The van der Waals surface area contributed by atoms with E-state index in [0.29, 0.717) is 13.1 Å². The molecule has 2 rings (SSSR count). The second-order valence-corrected chi connectivity index (χ2v) is 3.26. The van der Waals surface area contributed by atoms with Gasteiger partial charge in [0.25, 0.3) is 0 Å². The molecule has 0 atom stereocenters. The molecule has 86 valence electrons. The Hall–Kier alpha value is -1.79. The molecule has 0 unspecified atom stereocenters. The molecular formula is C9H6F4N2O. The summed E-state index contributed by atoms with van der Waals surface area (Å²) in [4.78, 5) is 12.4. The van der Waals surface area contributed by atoms with E-state index in [0.717, 1.165) is 0 Å². The zero-order valence-electron chi connectivity index (χ0n) is 7.86. The molecule has 7 heteroatoms. The first-order valence-electron chi connectivity index (χ1n) is 4.39. The van der Waals surface area contributed by atoms with Gasteiger partial charge >= 0.3 is 6.03 Å². The van der Waals surface area contributed by atoms with Crippen molar-refractivity contribution in [1.29, 1.82) is 0 Å². The van der Waals surface area contributed by atoms with Crippen LogP contribution >= 0.6 is 0 Å². The van der Waals surface area contributed by atoms with Crippen LogP contribution in [0.5, 0.6) is 0 Å². The maximum Gasteiger partial charge on any atom is 0.322 e. The monoisotopic (exact) mass is 234 g/mol. The third-order valence-electron chi connectivity index (χ3n) is 2.08. The summed E-state index contributed by atoms with van der Waals surface area (Å²) in [5.74, 6) is -6.55. The number of carbonyl (C=O) groups excluding carboxylic acids is 1. The Labute approximate surface area is 87.7 Å². The van der Waals surface area contributed by atoms with Crippen molar-refractivity contribution in [3.63, 3.8) is 0 Å². The van der Waals surface area contributed by atoms with Crippen molar-refractivity contribution >= 4 is 11.7 Å². The summed E-state index contributed by atoms with van der Waals surface area (Å²) in [6.45, 7) is 0.942. The largest absolute Gasteiger partial charge is 0.322 e. The lowest BCUT2D eigenvalue weighted by molar-refractivity contribution is 0.241. The lowest BCUT2D eigenvalue weighted by Gasteiger charge is -2.08. The number of rotatable bonds is 1. The van der Waals surface area contributed by atoms with Crippen molar-refractivity contribution in [3.05, 3.63) is 29.3 Å². The average molecular weight is 234 g/mol. The molecule has 3 nitrogen and oxygen atoms in total. The predicted octanol–water partition coefficient (Wildman–Crippen LogP) is 2.09. The van der Waals surface area contributed by atoms with Crippen molar-refractivity contribution in [1.82, 2.24) is 4.90 Å². The SMILES string of the molecule is O=C(Nc1c(F)cc(F)c(F)c1F)N1CC1. The van der Waals surface area contributed by atoms with Crippen molar-refractivity contribution in [3.8, 4) is 0 Å². The minimum atomic E-state index is -1.82. The minimum absolute atomic E-state index is 0.177. The topological polar surface area (TPSA) is 32.1 Å². The third kappa shape index (κ3) is 1.80. The molecule has 1 aromatic rings. The lowest BCUT2D eigenvalue weighted by atomic mass is 10.2. The number of hydrogen-bond acceptors (Lipinski definition) is 1. The van der Waals surface area contributed by atoms with E-state index < -0.39 is 35.0 Å². The number of nitrogens with one attached hydrogen (secondary N) is 1. The fourth-order valence-electron chi connectivity index (χ4n) is 1.12. The van der Waals surface area contributed by atoms with Crippen LogP contribution in [0.3, 0.4) is 0 Å². The molecule has 0 aliphatic carbocycles. The quantitative estimate of drug-likeness (QED) is 0.343. The molecule has 0 spiro atoms. The van der Waals surface area contributed by atoms with Crippen LogP contribution in [0.2, 0.25) is 0 Å². The standard InChI is InChI=1S/C9H6F4N2O/c10-4-3-5(11)8(7(13)6(4)12)14-9(16)15-1-2-15/h3H,1-2H2,(H,14,16). The highest BCUT2D eigenvalue weighted by molar-refractivity contribution is 5.90. The van der Waals surface area contributed by atoms with Gasteiger partial charge in [-0.15, -0.1) is 0 Å². The Morgan fingerprint density at radius 3 is 2.31 bits per heavy atom. The van der Waals surface area contributed by atoms with Crippen LogP contribution < -0.4 is 5.32 Å². The van der Waals surface area contributed by atoms with E-state index in [4.69, 9.17) is 0 Å². The summed E-state index contributed by atoms with van der Waals surface area (Å²) in [6.07, 6.45) is 0. The van der Waals surface area contributed by atoms with Crippen LogP contribution in [-0.2, 0) is 0 Å². The van der Waals surface area contributed by atoms with Crippen molar-refractivity contribution in [2.75, 3.05) is 18.4 Å². The van der Waals surface area contributed by atoms with E-state index in [1.165, 1.54) is 4.90 Å². The first-order valence-corrected chi connectivity index (χ1v) is 4.39. The van der Waals surface area contributed by atoms with Crippen LogP contribution in [-0.4, -0.2) is 24.0 Å². The Kier molecular flexibility index (Phi) is 2.45. The number of hydrogen-bond donors (Lipinski definition) is 1. The summed E-state index contributed by atoms with van der Waals surface area (Å²) in [7, 11) is 0. The fraction of sp³-hybridized carbons (Fsp3) is 0.222. The van der Waals surface area contributed by atoms with Crippen LogP contribution in [0.4, 0.5) is 28.0 Å². The van der Waals surface area contributed by atoms with Crippen molar-refractivity contribution in [2.45, 2.75) is 0 Å². The molecule has 0 bridgehead atoms. The molecule has 1 saturated heterocycles. The maximum absolute atomic E-state index is 13.1. The number of benzene rings is 1. The van der Waals surface area contributed by atoms with Crippen molar-refractivity contribution < 1.29 is 22.4 Å². The van der Waals surface area contributed by atoms with E-state index in [9.17, 15) is 22.4 Å². The molecule has 1 aromatic carbocycles. The lowest BCUT2D eigenvalue weighted by Crippen LogP contribution is -2.20. The third-order valence-corrected chi connectivity index (χ3v) is 2.08. The van der Waals surface area contributed by atoms with Gasteiger partial charge < -0.3 is 10.2 Å². The Balaban J connectivity index is 2.32. The normalized spacial score (nSPS) is 13.9. The average Bonchev–Trinajstić information content (AvgIpc) is 3.04. The maximum atomic E-state index is 13.1. The van der Waals surface area contributed by atoms with Gasteiger partial charge in [-0.25, -0.2) is 22.4 Å². The minimum Gasteiger partial charge on any atom is -0.321 e. The van der Waals surface area contributed by atoms with Gasteiger partial charge in [-0.2, -0.15) is 0 Å². The van der Waals surface area contributed by atoms with Crippen LogP contribution in [0, 0.1) is 23.3 Å². The van der Waals surface area contributed by atoms with Gasteiger partial charge in [-0.05, 0) is 0 Å². The summed E-state index contributed by atoms with van der Waals surface area (Å²) in [5, 5.41) is 1.84. The molecule has 1 N–H and O–H groups in total. The van der Waals surface area contributed by atoms with Crippen molar-refractivity contribution in [2.24, 2.45) is 0 Å². The highest BCUT2D eigenvalue weighted by Gasteiger charge is 2.27. The number of anilines is 1. The molecule has 1 heterocycles. The second-order valence-electron chi connectivity index (χ2n) is 3.26. The number of amides is 2. The highest BCUT2D eigenvalue weighted by Crippen LogP contribution is 2.24. The van der Waals surface area contributed by atoms with Gasteiger partial charge in [0, 0.05) is 19.2 Å². The molecule has 0 aromatic heterocycles. The van der Waals surface area contributed by atoms with Crippen LogP contribution in [0.1, 0.15) is 0 Å². The fourth-order valence-corrected chi connectivity index (χ4v) is 1.12. The molecular weight excluding hydrogens is 228 g/mol. The van der Waals surface area contributed by atoms with E-state index in [1.54, 1.807) is 0 Å². The zero-order chi connectivity index (χ0) is 11.9. The molecule has 1 fully saturated rings. The van der Waals surface area contributed by atoms with E-state index in [1.807, 2.05) is 5.32 Å². The summed E-state index contributed by atoms with van der Waals surface area (Å²) in [5.41, 5.74) is -0.976.